The van der Waals surface area contributed by atoms with Gasteiger partial charge >= 0.3 is 47.9 Å². The van der Waals surface area contributed by atoms with Gasteiger partial charge < -0.3 is 10.6 Å². The summed E-state index contributed by atoms with van der Waals surface area (Å²) in [5.74, 6) is -32.0. The van der Waals surface area contributed by atoms with Crippen molar-refractivity contribution in [2.45, 2.75) is 42.5 Å². The Morgan fingerprint density at radius 1 is 0.561 bits per heavy atom. The number of rotatable bonds is 8. The molecular formula is C21H10Cl2F14N2O2. The Kier molecular flexibility index (Phi) is 9.17. The summed E-state index contributed by atoms with van der Waals surface area (Å²) in [6, 6.07) is 5.39. The second-order valence-electron chi connectivity index (χ2n) is 8.01. The maximum Gasteiger partial charge on any atom is 0.460 e. The number of hydrogen-bond acceptors (Lipinski definition) is 2. The van der Waals surface area contributed by atoms with E-state index < -0.39 is 69.3 Å². The van der Waals surface area contributed by atoms with Crippen molar-refractivity contribution in [2.24, 2.45) is 0 Å². The van der Waals surface area contributed by atoms with Crippen LogP contribution in [0.25, 0.3) is 0 Å². The third-order valence-corrected chi connectivity index (χ3v) is 5.67. The molecule has 2 aromatic carbocycles. The van der Waals surface area contributed by atoms with E-state index in [1.807, 2.05) is 0 Å². The Morgan fingerprint density at radius 3 is 1.10 bits per heavy atom. The van der Waals surface area contributed by atoms with Gasteiger partial charge in [0.15, 0.2) is 0 Å². The first kappa shape index (κ1) is 34.2. The Morgan fingerprint density at radius 2 is 0.854 bits per heavy atom. The highest BCUT2D eigenvalue weighted by atomic mass is 35.5. The number of halogens is 16. The Balaban J connectivity index is 2.19. The SMILES string of the molecule is O=C(Nc1ccc(Cc2ccc(NC(=O)C(F)(F)C(F)(F)C(F)(F)F)c(Cl)c2)cc1Cl)C(F)(F)C(F)(F)C(F)(F)F. The molecule has 2 amide bonds. The van der Waals surface area contributed by atoms with E-state index in [2.05, 4.69) is 0 Å². The topological polar surface area (TPSA) is 58.2 Å². The lowest BCUT2D eigenvalue weighted by molar-refractivity contribution is -0.343. The molecule has 228 valence electrons. The summed E-state index contributed by atoms with van der Waals surface area (Å²) >= 11 is 11.5. The molecular weight excluding hydrogens is 649 g/mol. The maximum atomic E-state index is 13.5. The summed E-state index contributed by atoms with van der Waals surface area (Å²) < 4.78 is 180. The molecule has 2 aromatic rings. The molecule has 0 atom stereocenters. The van der Waals surface area contributed by atoms with Gasteiger partial charge in [-0.05, 0) is 41.8 Å². The van der Waals surface area contributed by atoms with Gasteiger partial charge in [0.1, 0.15) is 0 Å². The zero-order chi connectivity index (χ0) is 32.0. The van der Waals surface area contributed by atoms with E-state index in [1.165, 1.54) is 0 Å². The number of carbonyl (C=O) groups excluding carboxylic acids is 2. The first-order valence-electron chi connectivity index (χ1n) is 10.1. The van der Waals surface area contributed by atoms with Crippen molar-refractivity contribution < 1.29 is 71.1 Å². The van der Waals surface area contributed by atoms with Crippen molar-refractivity contribution in [2.75, 3.05) is 10.6 Å². The molecule has 20 heteroatoms. The van der Waals surface area contributed by atoms with Crippen molar-refractivity contribution in [3.63, 3.8) is 0 Å². The lowest BCUT2D eigenvalue weighted by Gasteiger charge is -2.27. The Hall–Kier alpha value is -3.02. The number of hydrogen-bond donors (Lipinski definition) is 2. The Labute approximate surface area is 228 Å². The number of benzene rings is 2. The van der Waals surface area contributed by atoms with Crippen LogP contribution in [-0.4, -0.2) is 47.9 Å². The smallest absolute Gasteiger partial charge is 0.319 e. The monoisotopic (exact) mass is 658 g/mol. The van der Waals surface area contributed by atoms with Crippen LogP contribution in [0.4, 0.5) is 72.8 Å². The van der Waals surface area contributed by atoms with Gasteiger partial charge in [-0.3, -0.25) is 9.59 Å². The summed E-state index contributed by atoms with van der Waals surface area (Å²) in [5.41, 5.74) is -1.34. The third kappa shape index (κ3) is 6.57. The standard InChI is InChI=1S/C21H10Cl2F14N2O2/c22-10-6-8(1-3-12(10)38-14(40)16(24,25)18(28,29)20(32,33)34)5-9-2-4-13(11(23)7-9)39-15(41)17(26,27)19(30,31)21(35,36)37/h1-4,6-7H,5H2,(H,38,40)(H,39,41). The van der Waals surface area contributed by atoms with E-state index in [4.69, 9.17) is 23.2 Å². The fraction of sp³-hybridized carbons (Fsp3) is 0.333. The van der Waals surface area contributed by atoms with Gasteiger partial charge in [-0.2, -0.15) is 61.5 Å². The van der Waals surface area contributed by atoms with Crippen molar-refractivity contribution in [3.8, 4) is 0 Å². The van der Waals surface area contributed by atoms with Gasteiger partial charge in [-0.15, -0.1) is 0 Å². The van der Waals surface area contributed by atoms with E-state index in [9.17, 15) is 71.1 Å². The average molecular weight is 659 g/mol. The average Bonchev–Trinajstić information content (AvgIpc) is 2.80. The van der Waals surface area contributed by atoms with Crippen LogP contribution < -0.4 is 10.6 Å². The van der Waals surface area contributed by atoms with Crippen LogP contribution in [0.3, 0.4) is 0 Å². The van der Waals surface area contributed by atoms with E-state index in [0.717, 1.165) is 47.0 Å². The van der Waals surface area contributed by atoms with Crippen LogP contribution in [-0.2, 0) is 16.0 Å². The largest absolute Gasteiger partial charge is 0.460 e. The number of carbonyl (C=O) groups is 2. The molecule has 0 aromatic heterocycles. The molecule has 0 aliphatic heterocycles. The predicted molar refractivity (Wildman–Crippen MR) is 115 cm³/mol. The summed E-state index contributed by atoms with van der Waals surface area (Å²) in [5, 5.41) is 1.04. The zero-order valence-corrected chi connectivity index (χ0v) is 20.5. The molecule has 0 aliphatic carbocycles. The molecule has 0 saturated carbocycles. The van der Waals surface area contributed by atoms with Crippen LogP contribution in [0.5, 0.6) is 0 Å². The molecule has 0 radical (unpaired) electrons. The van der Waals surface area contributed by atoms with Crippen LogP contribution in [0.15, 0.2) is 36.4 Å². The quantitative estimate of drug-likeness (QED) is 0.282. The zero-order valence-electron chi connectivity index (χ0n) is 19.0. The minimum Gasteiger partial charge on any atom is -0.319 e. The van der Waals surface area contributed by atoms with Crippen molar-refractivity contribution >= 4 is 46.4 Å². The van der Waals surface area contributed by atoms with Gasteiger partial charge in [0, 0.05) is 0 Å². The van der Waals surface area contributed by atoms with Crippen LogP contribution in [0.1, 0.15) is 11.1 Å². The second kappa shape index (κ2) is 11.0. The van der Waals surface area contributed by atoms with Crippen molar-refractivity contribution in [3.05, 3.63) is 57.6 Å². The number of amides is 2. The fourth-order valence-electron chi connectivity index (χ4n) is 2.82. The van der Waals surface area contributed by atoms with Crippen molar-refractivity contribution in [1.29, 1.82) is 0 Å². The van der Waals surface area contributed by atoms with Crippen LogP contribution in [0, 0.1) is 0 Å². The van der Waals surface area contributed by atoms with Crippen molar-refractivity contribution in [1.82, 2.24) is 0 Å². The van der Waals surface area contributed by atoms with E-state index in [1.54, 1.807) is 0 Å². The molecule has 0 bridgehead atoms. The van der Waals surface area contributed by atoms with Gasteiger partial charge in [0.25, 0.3) is 0 Å². The molecule has 4 nitrogen and oxygen atoms in total. The van der Waals surface area contributed by atoms with Crippen LogP contribution >= 0.6 is 23.2 Å². The highest BCUT2D eigenvalue weighted by molar-refractivity contribution is 6.34. The summed E-state index contributed by atoms with van der Waals surface area (Å²) in [6.45, 7) is 0. The molecule has 0 heterocycles. The van der Waals surface area contributed by atoms with Gasteiger partial charge in [0.05, 0.1) is 21.4 Å². The Bertz CT molecular complexity index is 1230. The lowest BCUT2D eigenvalue weighted by atomic mass is 10.0. The number of alkyl halides is 14. The molecule has 0 aliphatic rings. The fourth-order valence-corrected chi connectivity index (χ4v) is 3.32. The molecule has 0 unspecified atom stereocenters. The van der Waals surface area contributed by atoms with Gasteiger partial charge in [0.2, 0.25) is 0 Å². The second-order valence-corrected chi connectivity index (χ2v) is 8.82. The maximum absolute atomic E-state index is 13.5. The first-order valence-corrected chi connectivity index (χ1v) is 10.9. The minimum atomic E-state index is -6.77. The highest BCUT2D eigenvalue weighted by Crippen LogP contribution is 2.48. The molecule has 41 heavy (non-hydrogen) atoms. The first-order chi connectivity index (χ1) is 18.3. The van der Waals surface area contributed by atoms with Crippen LogP contribution in [0.2, 0.25) is 10.0 Å². The van der Waals surface area contributed by atoms with Gasteiger partial charge in [-0.25, -0.2) is 0 Å². The molecule has 0 saturated heterocycles. The highest BCUT2D eigenvalue weighted by Gasteiger charge is 2.77. The predicted octanol–water partition coefficient (Wildman–Crippen LogP) is 8.13. The lowest BCUT2D eigenvalue weighted by Crippen LogP contribution is -2.57. The molecule has 2 N–H and O–H groups in total. The molecule has 0 fully saturated rings. The van der Waals surface area contributed by atoms with Gasteiger partial charge in [-0.1, -0.05) is 35.3 Å². The molecule has 0 spiro atoms. The number of nitrogens with one attached hydrogen (secondary N) is 2. The van der Waals surface area contributed by atoms with E-state index >= 15 is 0 Å². The van der Waals surface area contributed by atoms with E-state index in [0.29, 0.717) is 0 Å². The summed E-state index contributed by atoms with van der Waals surface area (Å²) in [6.07, 6.45) is -13.8. The molecule has 2 rings (SSSR count). The third-order valence-electron chi connectivity index (χ3n) is 5.04. The summed E-state index contributed by atoms with van der Waals surface area (Å²) in [7, 11) is 0. The summed E-state index contributed by atoms with van der Waals surface area (Å²) in [4.78, 5) is 23.0. The normalized spacial score (nSPS) is 13.7. The number of anilines is 2. The minimum absolute atomic E-state index is 0.129. The van der Waals surface area contributed by atoms with E-state index in [-0.39, 0.29) is 17.5 Å².